The Morgan fingerprint density at radius 3 is 1.44 bits per heavy atom. The van der Waals surface area contributed by atoms with Gasteiger partial charge in [-0.2, -0.15) is 0 Å². The fourth-order valence-electron chi connectivity index (χ4n) is 10.3. The Balaban J connectivity index is 1.04. The first-order chi connectivity index (χ1) is 31.2. The minimum absolute atomic E-state index is 0.463. The third-order valence-electron chi connectivity index (χ3n) is 13.1. The third kappa shape index (κ3) is 5.41. The quantitative estimate of drug-likeness (QED) is 0.174. The van der Waals surface area contributed by atoms with Crippen LogP contribution in [0.5, 0.6) is 0 Å². The van der Waals surface area contributed by atoms with Gasteiger partial charge < -0.3 is 0 Å². The SMILES string of the molecule is c1ccc(-c2cc(-c3cccc(-c4nc(-c5ccccc5)nc(-c5ccc6ccccc6c5)n4)c3)c3cc4c(cc3n2)C2(c3ccccc3-c3ccccc32)c2ccccc2-4)cc1. The van der Waals surface area contributed by atoms with Crippen LogP contribution in [-0.2, 0) is 5.41 Å². The van der Waals surface area contributed by atoms with Crippen LogP contribution in [0.4, 0.5) is 0 Å². The Labute approximate surface area is 364 Å². The lowest BCUT2D eigenvalue weighted by molar-refractivity contribution is 0.794. The lowest BCUT2D eigenvalue weighted by Crippen LogP contribution is -2.25. The van der Waals surface area contributed by atoms with E-state index in [1.54, 1.807) is 0 Å². The van der Waals surface area contributed by atoms with Crippen LogP contribution in [0.3, 0.4) is 0 Å². The number of rotatable bonds is 5. The molecule has 0 fully saturated rings. The predicted molar refractivity (Wildman–Crippen MR) is 256 cm³/mol. The van der Waals surface area contributed by atoms with Crippen LogP contribution < -0.4 is 0 Å². The minimum atomic E-state index is -0.463. The second-order valence-corrected chi connectivity index (χ2v) is 16.5. The summed E-state index contributed by atoms with van der Waals surface area (Å²) >= 11 is 0. The summed E-state index contributed by atoms with van der Waals surface area (Å²) in [6.07, 6.45) is 0. The van der Waals surface area contributed by atoms with Crippen molar-refractivity contribution in [3.05, 3.63) is 241 Å². The first-order valence-electron chi connectivity index (χ1n) is 21.5. The molecule has 2 aliphatic carbocycles. The van der Waals surface area contributed by atoms with Crippen molar-refractivity contribution in [2.45, 2.75) is 5.41 Å². The van der Waals surface area contributed by atoms with Crippen LogP contribution >= 0.6 is 0 Å². The van der Waals surface area contributed by atoms with E-state index < -0.39 is 5.41 Å². The highest BCUT2D eigenvalue weighted by Crippen LogP contribution is 2.63. The molecule has 4 nitrogen and oxygen atoms in total. The number of benzene rings is 9. The molecule has 11 aromatic rings. The normalized spacial score (nSPS) is 12.9. The molecule has 9 aromatic carbocycles. The molecule has 2 aliphatic rings. The van der Waals surface area contributed by atoms with Gasteiger partial charge in [-0.05, 0) is 96.7 Å². The van der Waals surface area contributed by atoms with Crippen LogP contribution in [0, 0.1) is 0 Å². The van der Waals surface area contributed by atoms with E-state index in [0.29, 0.717) is 17.5 Å². The predicted octanol–water partition coefficient (Wildman–Crippen LogP) is 14.3. The van der Waals surface area contributed by atoms with Crippen molar-refractivity contribution in [2.24, 2.45) is 0 Å². The largest absolute Gasteiger partial charge is 0.248 e. The summed E-state index contributed by atoms with van der Waals surface area (Å²) in [6.45, 7) is 0. The molecular formula is C59H36N4. The Morgan fingerprint density at radius 2 is 0.778 bits per heavy atom. The zero-order chi connectivity index (χ0) is 41.5. The lowest BCUT2D eigenvalue weighted by atomic mass is 9.70. The van der Waals surface area contributed by atoms with Gasteiger partial charge in [-0.1, -0.05) is 188 Å². The van der Waals surface area contributed by atoms with Crippen molar-refractivity contribution >= 4 is 21.7 Å². The van der Waals surface area contributed by atoms with E-state index in [9.17, 15) is 0 Å². The topological polar surface area (TPSA) is 51.6 Å². The summed E-state index contributed by atoms with van der Waals surface area (Å²) in [5.41, 5.74) is 17.7. The first-order valence-corrected chi connectivity index (χ1v) is 21.5. The van der Waals surface area contributed by atoms with Gasteiger partial charge in [0.1, 0.15) is 0 Å². The van der Waals surface area contributed by atoms with E-state index in [2.05, 4.69) is 200 Å². The first kappa shape index (κ1) is 35.4. The summed E-state index contributed by atoms with van der Waals surface area (Å²) < 4.78 is 0. The van der Waals surface area contributed by atoms with E-state index in [1.807, 2.05) is 18.2 Å². The van der Waals surface area contributed by atoms with Crippen LogP contribution in [0.2, 0.25) is 0 Å². The van der Waals surface area contributed by atoms with E-state index in [4.69, 9.17) is 19.9 Å². The molecule has 13 rings (SSSR count). The fraction of sp³-hybridized carbons (Fsp3) is 0.0169. The second kappa shape index (κ2) is 13.8. The van der Waals surface area contributed by atoms with E-state index in [-0.39, 0.29) is 0 Å². The molecule has 292 valence electrons. The van der Waals surface area contributed by atoms with Crippen LogP contribution in [0.1, 0.15) is 22.3 Å². The molecule has 4 heteroatoms. The number of pyridine rings is 1. The number of fused-ring (bicyclic) bond motifs is 12. The fourth-order valence-corrected chi connectivity index (χ4v) is 10.3. The number of hydrogen-bond acceptors (Lipinski definition) is 4. The third-order valence-corrected chi connectivity index (χ3v) is 13.1. The Bertz CT molecular complexity index is 3590. The Hall–Kier alpha value is -8.34. The number of hydrogen-bond donors (Lipinski definition) is 0. The van der Waals surface area contributed by atoms with Gasteiger partial charge in [0.25, 0.3) is 0 Å². The van der Waals surface area contributed by atoms with Crippen molar-refractivity contribution in [1.29, 1.82) is 0 Å². The molecule has 0 radical (unpaired) electrons. The molecule has 2 aromatic heterocycles. The minimum Gasteiger partial charge on any atom is -0.248 e. The highest BCUT2D eigenvalue weighted by Gasteiger charge is 2.51. The van der Waals surface area contributed by atoms with Gasteiger partial charge >= 0.3 is 0 Å². The number of nitrogens with zero attached hydrogens (tertiary/aromatic N) is 4. The maximum absolute atomic E-state index is 5.50. The molecule has 0 unspecified atom stereocenters. The highest BCUT2D eigenvalue weighted by atomic mass is 15.0. The molecule has 0 amide bonds. The van der Waals surface area contributed by atoms with Gasteiger partial charge in [-0.3, -0.25) is 0 Å². The zero-order valence-electron chi connectivity index (χ0n) is 34.1. The average Bonchev–Trinajstić information content (AvgIpc) is 3.82. The molecule has 0 saturated carbocycles. The van der Waals surface area contributed by atoms with Gasteiger partial charge in [0, 0.05) is 27.6 Å². The van der Waals surface area contributed by atoms with Crippen LogP contribution in [0.15, 0.2) is 218 Å². The summed E-state index contributed by atoms with van der Waals surface area (Å²) in [7, 11) is 0. The Kier molecular flexibility index (Phi) is 7.79. The van der Waals surface area contributed by atoms with Gasteiger partial charge in [-0.25, -0.2) is 19.9 Å². The molecule has 1 spiro atoms. The van der Waals surface area contributed by atoms with Crippen LogP contribution in [0.25, 0.3) is 100 Å². The number of aromatic nitrogens is 4. The molecule has 0 aliphatic heterocycles. The maximum atomic E-state index is 5.50. The molecule has 63 heavy (non-hydrogen) atoms. The standard InChI is InChI=1S/C59H36N4/c1-3-17-38(18-4-1)54-35-47(41-22-15-23-42(33-41)57-61-56(39-19-5-2-6-20-39)62-58(63-57)43-31-30-37-16-7-8-21-40(37)32-43)49-34-48-46-26-11-14-29-52(46)59(53(48)36-55(49)60-54)50-27-12-9-24-44(50)45-25-10-13-28-51(45)59/h1-36H. The van der Waals surface area contributed by atoms with Crippen LogP contribution in [-0.4, -0.2) is 19.9 Å². The molecule has 0 saturated heterocycles. The summed E-state index contributed by atoms with van der Waals surface area (Å²) in [6, 6.07) is 78.0. The van der Waals surface area contributed by atoms with Gasteiger partial charge in [0.2, 0.25) is 0 Å². The van der Waals surface area contributed by atoms with Gasteiger partial charge in [-0.15, -0.1) is 0 Å². The van der Waals surface area contributed by atoms with Crippen molar-refractivity contribution in [3.63, 3.8) is 0 Å². The molecule has 0 N–H and O–H groups in total. The van der Waals surface area contributed by atoms with E-state index >= 15 is 0 Å². The van der Waals surface area contributed by atoms with Gasteiger partial charge in [0.05, 0.1) is 16.6 Å². The highest BCUT2D eigenvalue weighted by molar-refractivity contribution is 6.04. The summed E-state index contributed by atoms with van der Waals surface area (Å²) in [5, 5.41) is 3.41. The summed E-state index contributed by atoms with van der Waals surface area (Å²) in [4.78, 5) is 20.9. The molecule has 0 bridgehead atoms. The van der Waals surface area contributed by atoms with E-state index in [1.165, 1.54) is 49.9 Å². The monoisotopic (exact) mass is 800 g/mol. The van der Waals surface area contributed by atoms with Crippen molar-refractivity contribution in [2.75, 3.05) is 0 Å². The second-order valence-electron chi connectivity index (χ2n) is 16.5. The molecule has 0 atom stereocenters. The molecular weight excluding hydrogens is 765 g/mol. The van der Waals surface area contributed by atoms with E-state index in [0.717, 1.165) is 55.4 Å². The van der Waals surface area contributed by atoms with Crippen molar-refractivity contribution in [1.82, 2.24) is 19.9 Å². The molecule has 2 heterocycles. The maximum Gasteiger partial charge on any atom is 0.164 e. The van der Waals surface area contributed by atoms with Gasteiger partial charge in [0.15, 0.2) is 17.5 Å². The Morgan fingerprint density at radius 1 is 0.270 bits per heavy atom. The van der Waals surface area contributed by atoms with Crippen molar-refractivity contribution in [3.8, 4) is 78.8 Å². The average molecular weight is 801 g/mol. The lowest BCUT2D eigenvalue weighted by Gasteiger charge is -2.30. The smallest absolute Gasteiger partial charge is 0.164 e. The van der Waals surface area contributed by atoms with Crippen molar-refractivity contribution < 1.29 is 0 Å². The zero-order valence-corrected chi connectivity index (χ0v) is 34.1. The summed E-state index contributed by atoms with van der Waals surface area (Å²) in [5.74, 6) is 1.88.